The molecule has 0 unspecified atom stereocenters. The van der Waals surface area contributed by atoms with E-state index in [4.69, 9.17) is 4.74 Å². The minimum atomic E-state index is -0.481. The van der Waals surface area contributed by atoms with Crippen LogP contribution >= 0.6 is 54.5 Å². The third-order valence-electron chi connectivity index (χ3n) is 6.56. The lowest BCUT2D eigenvalue weighted by atomic mass is 9.85. The van der Waals surface area contributed by atoms with Crippen molar-refractivity contribution in [2.24, 2.45) is 11.0 Å². The number of hydrazone groups is 1. The number of carbonyl (C=O) groups is 2. The number of halogens is 3. The SMILES string of the molecule is O=C(Oc1c(Br)cc(Br)cc1C=NNC(=O)[C@@H]1CC1(c1ccccc1)c1ccccc1)c1ccccc1I. The van der Waals surface area contributed by atoms with Gasteiger partial charge in [-0.05, 0) is 80.3 Å². The van der Waals surface area contributed by atoms with Gasteiger partial charge in [-0.15, -0.1) is 0 Å². The predicted octanol–water partition coefficient (Wildman–Crippen LogP) is 7.49. The summed E-state index contributed by atoms with van der Waals surface area (Å²) < 4.78 is 7.88. The molecule has 1 saturated carbocycles. The summed E-state index contributed by atoms with van der Waals surface area (Å²) in [6, 6.07) is 31.0. The van der Waals surface area contributed by atoms with Gasteiger partial charge in [0.1, 0.15) is 0 Å². The number of nitrogens with zero attached hydrogens (tertiary/aromatic N) is 1. The van der Waals surface area contributed by atoms with Gasteiger partial charge in [-0.3, -0.25) is 4.79 Å². The van der Waals surface area contributed by atoms with Gasteiger partial charge in [-0.2, -0.15) is 5.10 Å². The fraction of sp³-hybridized carbons (Fsp3) is 0.100. The lowest BCUT2D eigenvalue weighted by Crippen LogP contribution is -2.25. The Labute approximate surface area is 251 Å². The maximum absolute atomic E-state index is 13.2. The second-order valence-corrected chi connectivity index (χ2v) is 11.8. The molecule has 5 nitrogen and oxygen atoms in total. The number of hydrogen-bond donors (Lipinski definition) is 1. The molecule has 0 bridgehead atoms. The van der Waals surface area contributed by atoms with Gasteiger partial charge in [0.15, 0.2) is 5.75 Å². The average molecular weight is 744 g/mol. The van der Waals surface area contributed by atoms with Gasteiger partial charge < -0.3 is 4.74 Å². The summed E-state index contributed by atoms with van der Waals surface area (Å²) in [5.74, 6) is -0.591. The molecule has 0 heterocycles. The van der Waals surface area contributed by atoms with Crippen LogP contribution in [0.15, 0.2) is 111 Å². The first kappa shape index (κ1) is 26.8. The molecule has 5 rings (SSSR count). The minimum absolute atomic E-state index is 0.166. The van der Waals surface area contributed by atoms with E-state index in [-0.39, 0.29) is 17.2 Å². The highest BCUT2D eigenvalue weighted by atomic mass is 127. The van der Waals surface area contributed by atoms with Crippen LogP contribution in [0.25, 0.3) is 0 Å². The van der Waals surface area contributed by atoms with E-state index in [1.807, 2.05) is 48.5 Å². The Morgan fingerprint density at radius 1 is 0.921 bits per heavy atom. The van der Waals surface area contributed by atoms with Crippen LogP contribution < -0.4 is 10.2 Å². The quantitative estimate of drug-likeness (QED) is 0.0702. The summed E-state index contributed by atoms with van der Waals surface area (Å²) in [5, 5.41) is 4.24. The summed E-state index contributed by atoms with van der Waals surface area (Å²) in [4.78, 5) is 26.1. The average Bonchev–Trinajstić information content (AvgIpc) is 3.69. The molecule has 0 aromatic heterocycles. The third-order valence-corrected chi connectivity index (χ3v) is 8.55. The molecule has 38 heavy (non-hydrogen) atoms. The maximum atomic E-state index is 13.2. The summed E-state index contributed by atoms with van der Waals surface area (Å²) in [5.41, 5.74) is 5.53. The molecule has 1 aliphatic carbocycles. The van der Waals surface area contributed by atoms with Crippen molar-refractivity contribution in [2.45, 2.75) is 11.8 Å². The van der Waals surface area contributed by atoms with E-state index in [2.05, 4.69) is 89.2 Å². The molecule has 1 atom stereocenters. The van der Waals surface area contributed by atoms with Crippen LogP contribution in [0.5, 0.6) is 5.75 Å². The maximum Gasteiger partial charge on any atom is 0.344 e. The van der Waals surface area contributed by atoms with Gasteiger partial charge in [0.05, 0.1) is 22.2 Å². The first-order valence-electron chi connectivity index (χ1n) is 11.8. The van der Waals surface area contributed by atoms with Crippen LogP contribution in [-0.2, 0) is 10.2 Å². The number of rotatable bonds is 7. The Bertz CT molecular complexity index is 1490. The normalized spacial score (nSPS) is 15.7. The third kappa shape index (κ3) is 5.48. The molecule has 4 aromatic carbocycles. The molecule has 1 N–H and O–H groups in total. The van der Waals surface area contributed by atoms with Gasteiger partial charge in [0.2, 0.25) is 5.91 Å². The zero-order valence-corrected chi connectivity index (χ0v) is 25.2. The van der Waals surface area contributed by atoms with E-state index >= 15 is 0 Å². The Morgan fingerprint density at radius 3 is 2.16 bits per heavy atom. The first-order valence-corrected chi connectivity index (χ1v) is 14.5. The van der Waals surface area contributed by atoms with E-state index in [9.17, 15) is 9.59 Å². The Hall–Kier alpha value is -2.82. The van der Waals surface area contributed by atoms with Crippen LogP contribution in [0, 0.1) is 9.49 Å². The van der Waals surface area contributed by atoms with Crippen molar-refractivity contribution >= 4 is 72.5 Å². The van der Waals surface area contributed by atoms with Gasteiger partial charge in [0, 0.05) is 19.0 Å². The minimum Gasteiger partial charge on any atom is -0.421 e. The van der Waals surface area contributed by atoms with Gasteiger partial charge in [0.25, 0.3) is 0 Å². The van der Waals surface area contributed by atoms with E-state index in [0.717, 1.165) is 19.2 Å². The van der Waals surface area contributed by atoms with E-state index in [1.54, 1.807) is 24.3 Å². The number of nitrogens with one attached hydrogen (secondary N) is 1. The van der Waals surface area contributed by atoms with Crippen molar-refractivity contribution in [1.29, 1.82) is 0 Å². The molecule has 1 fully saturated rings. The number of ether oxygens (including phenoxy) is 1. The smallest absolute Gasteiger partial charge is 0.344 e. The summed E-state index contributed by atoms with van der Waals surface area (Å²) in [7, 11) is 0. The number of amides is 1. The molecule has 0 spiro atoms. The molecular weight excluding hydrogens is 723 g/mol. The first-order chi connectivity index (χ1) is 18.4. The molecule has 8 heteroatoms. The predicted molar refractivity (Wildman–Crippen MR) is 163 cm³/mol. The van der Waals surface area contributed by atoms with Gasteiger partial charge >= 0.3 is 5.97 Å². The second-order valence-electron chi connectivity index (χ2n) is 8.87. The summed E-state index contributed by atoms with van der Waals surface area (Å²) >= 11 is 9.05. The zero-order valence-electron chi connectivity index (χ0n) is 19.9. The van der Waals surface area contributed by atoms with Crippen molar-refractivity contribution in [2.75, 3.05) is 0 Å². The summed E-state index contributed by atoms with van der Waals surface area (Å²) in [6.07, 6.45) is 2.18. The Balaban J connectivity index is 1.36. The summed E-state index contributed by atoms with van der Waals surface area (Å²) in [6.45, 7) is 0. The lowest BCUT2D eigenvalue weighted by molar-refractivity contribution is -0.122. The van der Waals surface area contributed by atoms with E-state index in [0.29, 0.717) is 27.8 Å². The van der Waals surface area contributed by atoms with E-state index < -0.39 is 5.97 Å². The number of benzene rings is 4. The topological polar surface area (TPSA) is 67.8 Å². The van der Waals surface area contributed by atoms with Crippen molar-refractivity contribution in [1.82, 2.24) is 5.43 Å². The molecule has 0 saturated heterocycles. The molecule has 0 radical (unpaired) electrons. The fourth-order valence-corrected chi connectivity index (χ4v) is 6.60. The van der Waals surface area contributed by atoms with E-state index in [1.165, 1.54) is 6.21 Å². The number of carbonyl (C=O) groups excluding carboxylic acids is 2. The molecule has 1 aliphatic rings. The van der Waals surface area contributed by atoms with Crippen molar-refractivity contribution in [3.05, 3.63) is 132 Å². The fourth-order valence-electron chi connectivity index (χ4n) is 4.66. The highest BCUT2D eigenvalue weighted by molar-refractivity contribution is 14.1. The molecule has 1 amide bonds. The van der Waals surface area contributed by atoms with Crippen LogP contribution in [0.1, 0.15) is 33.5 Å². The Kier molecular flexibility index (Phi) is 8.11. The molecular formula is C30H21Br2IN2O3. The lowest BCUT2D eigenvalue weighted by Gasteiger charge is -2.18. The number of hydrogen-bond acceptors (Lipinski definition) is 4. The van der Waals surface area contributed by atoms with Crippen molar-refractivity contribution < 1.29 is 14.3 Å². The second kappa shape index (κ2) is 11.5. The Morgan fingerprint density at radius 2 is 1.53 bits per heavy atom. The van der Waals surface area contributed by atoms with Crippen LogP contribution in [0.2, 0.25) is 0 Å². The highest BCUT2D eigenvalue weighted by Gasteiger charge is 2.60. The van der Waals surface area contributed by atoms with Gasteiger partial charge in [-0.25, -0.2) is 10.2 Å². The molecule has 4 aromatic rings. The van der Waals surface area contributed by atoms with Crippen LogP contribution in [0.4, 0.5) is 0 Å². The van der Waals surface area contributed by atoms with Gasteiger partial charge in [-0.1, -0.05) is 88.7 Å². The zero-order chi connectivity index (χ0) is 26.7. The highest BCUT2D eigenvalue weighted by Crippen LogP contribution is 2.58. The monoisotopic (exact) mass is 742 g/mol. The van der Waals surface area contributed by atoms with Crippen molar-refractivity contribution in [3.8, 4) is 5.75 Å². The molecule has 0 aliphatic heterocycles. The number of esters is 1. The standard InChI is InChI=1S/C30H21Br2IN2O3/c31-22-15-19(27(25(32)16-22)38-29(37)23-13-7-8-14-26(23)33)18-34-35-28(36)24-17-30(24,20-9-3-1-4-10-20)21-11-5-2-6-12-21/h1-16,18,24H,17H2,(H,35,36)/t24-/m0/s1. The van der Waals surface area contributed by atoms with Crippen LogP contribution in [0.3, 0.4) is 0 Å². The largest absolute Gasteiger partial charge is 0.421 e. The van der Waals surface area contributed by atoms with Crippen LogP contribution in [-0.4, -0.2) is 18.1 Å². The molecule has 190 valence electrons. The van der Waals surface area contributed by atoms with Crippen molar-refractivity contribution in [3.63, 3.8) is 0 Å².